The average molecular weight is 255 g/mol. The second kappa shape index (κ2) is 4.36. The van der Waals surface area contributed by atoms with Gasteiger partial charge in [0, 0.05) is 17.6 Å². The van der Waals surface area contributed by atoms with Gasteiger partial charge in [0.05, 0.1) is 5.56 Å². The maximum absolute atomic E-state index is 12.6. The lowest BCUT2D eigenvalue weighted by Crippen LogP contribution is -2.06. The fourth-order valence-corrected chi connectivity index (χ4v) is 1.54. The lowest BCUT2D eigenvalue weighted by Gasteiger charge is -2.11. The molecule has 2 aromatic rings. The van der Waals surface area contributed by atoms with E-state index in [1.54, 1.807) is 13.1 Å². The Morgan fingerprint density at radius 3 is 2.50 bits per heavy atom. The summed E-state index contributed by atoms with van der Waals surface area (Å²) in [5.74, 6) is 0.426. The molecule has 0 unspecified atom stereocenters. The Morgan fingerprint density at radius 1 is 1.22 bits per heavy atom. The third-order valence-corrected chi connectivity index (χ3v) is 2.52. The van der Waals surface area contributed by atoms with E-state index in [2.05, 4.69) is 15.3 Å². The number of hydrogen-bond acceptors (Lipinski definition) is 2. The molecule has 0 aliphatic rings. The van der Waals surface area contributed by atoms with Gasteiger partial charge in [0.15, 0.2) is 0 Å². The topological polar surface area (TPSA) is 40.7 Å². The molecule has 2 N–H and O–H groups in total. The summed E-state index contributed by atoms with van der Waals surface area (Å²) in [6, 6.07) is 3.57. The molecule has 0 amide bonds. The minimum absolute atomic E-state index is 0.388. The van der Waals surface area contributed by atoms with E-state index < -0.39 is 11.7 Å². The molecule has 6 heteroatoms. The number of alkyl halides is 3. The van der Waals surface area contributed by atoms with E-state index in [1.165, 1.54) is 6.07 Å². The molecule has 1 aromatic heterocycles. The van der Waals surface area contributed by atoms with Gasteiger partial charge in [-0.2, -0.15) is 13.2 Å². The number of nitrogens with one attached hydrogen (secondary N) is 2. The standard InChI is InChI=1S/C12H12F3N3/c1-7-3-4-9(12(13,14)15)5-10(7)18-11-16-6-8(2)17-11/h3-6H,1-2H3,(H2,16,17,18). The van der Waals surface area contributed by atoms with Gasteiger partial charge in [-0.1, -0.05) is 6.07 Å². The zero-order chi connectivity index (χ0) is 13.3. The van der Waals surface area contributed by atoms with Crippen molar-refractivity contribution in [2.75, 3.05) is 5.32 Å². The average Bonchev–Trinajstić information content (AvgIpc) is 2.66. The first-order valence-electron chi connectivity index (χ1n) is 5.33. The van der Waals surface area contributed by atoms with E-state index in [4.69, 9.17) is 0 Å². The van der Waals surface area contributed by atoms with Gasteiger partial charge in [0.25, 0.3) is 0 Å². The van der Waals surface area contributed by atoms with Crippen LogP contribution in [-0.4, -0.2) is 9.97 Å². The Morgan fingerprint density at radius 2 is 1.94 bits per heavy atom. The summed E-state index contributed by atoms with van der Waals surface area (Å²) in [6.45, 7) is 3.55. The molecule has 1 heterocycles. The number of anilines is 2. The quantitative estimate of drug-likeness (QED) is 0.857. The van der Waals surface area contributed by atoms with Gasteiger partial charge in [0.2, 0.25) is 5.95 Å². The van der Waals surface area contributed by atoms with Gasteiger partial charge in [0.1, 0.15) is 0 Å². The summed E-state index contributed by atoms with van der Waals surface area (Å²) >= 11 is 0. The molecule has 0 atom stereocenters. The first-order valence-corrected chi connectivity index (χ1v) is 5.33. The molecule has 0 saturated heterocycles. The Labute approximate surface area is 102 Å². The molecule has 3 nitrogen and oxygen atoms in total. The van der Waals surface area contributed by atoms with Crippen molar-refractivity contribution >= 4 is 11.6 Å². The van der Waals surface area contributed by atoms with Crippen LogP contribution in [0.3, 0.4) is 0 Å². The first kappa shape index (κ1) is 12.5. The van der Waals surface area contributed by atoms with E-state index in [-0.39, 0.29) is 0 Å². The summed E-state index contributed by atoms with van der Waals surface area (Å²) in [5, 5.41) is 2.84. The molecule has 0 aliphatic carbocycles. The Bertz CT molecular complexity index is 558. The second-order valence-corrected chi connectivity index (χ2v) is 4.07. The highest BCUT2D eigenvalue weighted by molar-refractivity contribution is 5.59. The van der Waals surface area contributed by atoms with Crippen LogP contribution in [0.5, 0.6) is 0 Å². The van der Waals surface area contributed by atoms with E-state index in [0.29, 0.717) is 11.6 Å². The van der Waals surface area contributed by atoms with Crippen molar-refractivity contribution in [2.45, 2.75) is 20.0 Å². The largest absolute Gasteiger partial charge is 0.416 e. The molecule has 0 fully saturated rings. The van der Waals surface area contributed by atoms with Crippen LogP contribution in [-0.2, 0) is 6.18 Å². The fourth-order valence-electron chi connectivity index (χ4n) is 1.54. The number of halogens is 3. The third kappa shape index (κ3) is 2.64. The number of H-pyrrole nitrogens is 1. The molecular weight excluding hydrogens is 243 g/mol. The summed E-state index contributed by atoms with van der Waals surface area (Å²) in [7, 11) is 0. The molecule has 2 rings (SSSR count). The molecule has 0 radical (unpaired) electrons. The SMILES string of the molecule is Cc1cnc(Nc2cc(C(F)(F)F)ccc2C)[nH]1. The highest BCUT2D eigenvalue weighted by atomic mass is 19.4. The van der Waals surface area contributed by atoms with Crippen molar-refractivity contribution in [3.8, 4) is 0 Å². The molecule has 1 aromatic carbocycles. The zero-order valence-corrected chi connectivity index (χ0v) is 9.89. The molecule has 18 heavy (non-hydrogen) atoms. The van der Waals surface area contributed by atoms with Crippen molar-refractivity contribution < 1.29 is 13.2 Å². The van der Waals surface area contributed by atoms with Gasteiger partial charge in [-0.25, -0.2) is 4.98 Å². The smallest absolute Gasteiger partial charge is 0.328 e. The van der Waals surface area contributed by atoms with Crippen LogP contribution >= 0.6 is 0 Å². The summed E-state index contributed by atoms with van der Waals surface area (Å²) in [5.41, 5.74) is 1.26. The monoisotopic (exact) mass is 255 g/mol. The van der Waals surface area contributed by atoms with Crippen LogP contribution in [0.2, 0.25) is 0 Å². The molecule has 0 bridgehead atoms. The molecular formula is C12H12F3N3. The number of aryl methyl sites for hydroxylation is 2. The predicted molar refractivity (Wildman–Crippen MR) is 62.8 cm³/mol. The Balaban J connectivity index is 2.32. The van der Waals surface area contributed by atoms with Crippen LogP contribution in [0.4, 0.5) is 24.8 Å². The van der Waals surface area contributed by atoms with Crippen LogP contribution in [0.15, 0.2) is 24.4 Å². The highest BCUT2D eigenvalue weighted by Crippen LogP contribution is 2.32. The van der Waals surface area contributed by atoms with Crippen LogP contribution in [0.1, 0.15) is 16.8 Å². The lowest BCUT2D eigenvalue weighted by molar-refractivity contribution is -0.137. The van der Waals surface area contributed by atoms with Crippen molar-refractivity contribution in [3.63, 3.8) is 0 Å². The van der Waals surface area contributed by atoms with E-state index in [9.17, 15) is 13.2 Å². The number of aromatic amines is 1. The maximum atomic E-state index is 12.6. The minimum atomic E-state index is -4.34. The van der Waals surface area contributed by atoms with Gasteiger partial charge in [-0.05, 0) is 31.5 Å². The normalized spacial score (nSPS) is 11.6. The number of aromatic nitrogens is 2. The van der Waals surface area contributed by atoms with Gasteiger partial charge < -0.3 is 10.3 Å². The lowest BCUT2D eigenvalue weighted by atomic mass is 10.1. The number of rotatable bonds is 2. The second-order valence-electron chi connectivity index (χ2n) is 4.07. The van der Waals surface area contributed by atoms with Crippen molar-refractivity contribution in [1.29, 1.82) is 0 Å². The third-order valence-electron chi connectivity index (χ3n) is 2.52. The molecule has 0 spiro atoms. The van der Waals surface area contributed by atoms with E-state index >= 15 is 0 Å². The fraction of sp³-hybridized carbons (Fsp3) is 0.250. The van der Waals surface area contributed by atoms with Gasteiger partial charge in [-0.15, -0.1) is 0 Å². The van der Waals surface area contributed by atoms with E-state index in [1.807, 2.05) is 6.92 Å². The number of imidazole rings is 1. The minimum Gasteiger partial charge on any atom is -0.328 e. The zero-order valence-electron chi connectivity index (χ0n) is 9.89. The number of hydrogen-bond donors (Lipinski definition) is 2. The maximum Gasteiger partial charge on any atom is 0.416 e. The van der Waals surface area contributed by atoms with Crippen LogP contribution in [0, 0.1) is 13.8 Å². The number of nitrogens with zero attached hydrogens (tertiary/aromatic N) is 1. The van der Waals surface area contributed by atoms with Crippen molar-refractivity contribution in [2.24, 2.45) is 0 Å². The van der Waals surface area contributed by atoms with Crippen LogP contribution in [0.25, 0.3) is 0 Å². The van der Waals surface area contributed by atoms with E-state index in [0.717, 1.165) is 23.4 Å². The van der Waals surface area contributed by atoms with Gasteiger partial charge in [-0.3, -0.25) is 0 Å². The highest BCUT2D eigenvalue weighted by Gasteiger charge is 2.30. The Kier molecular flexibility index (Phi) is 3.02. The summed E-state index contributed by atoms with van der Waals surface area (Å²) in [6.07, 6.45) is -2.74. The predicted octanol–water partition coefficient (Wildman–Crippen LogP) is 3.79. The summed E-state index contributed by atoms with van der Waals surface area (Å²) in [4.78, 5) is 6.90. The van der Waals surface area contributed by atoms with Crippen molar-refractivity contribution in [3.05, 3.63) is 41.2 Å². The first-order chi connectivity index (χ1) is 8.36. The summed E-state index contributed by atoms with van der Waals surface area (Å²) < 4.78 is 37.8. The molecule has 0 saturated carbocycles. The molecule has 0 aliphatic heterocycles. The van der Waals surface area contributed by atoms with Crippen LogP contribution < -0.4 is 5.32 Å². The van der Waals surface area contributed by atoms with Gasteiger partial charge >= 0.3 is 6.18 Å². The molecule has 96 valence electrons. The van der Waals surface area contributed by atoms with Crippen molar-refractivity contribution in [1.82, 2.24) is 9.97 Å². The Hall–Kier alpha value is -1.98. The number of benzene rings is 1.